The normalized spacial score (nSPS) is 11.4. The number of hydrogen-bond donors (Lipinski definition) is 0. The molecule has 0 spiro atoms. The number of aryl methyl sites for hydroxylation is 1. The Hall–Kier alpha value is -2.45. The molecular formula is C19H20F2N2O3S. The zero-order valence-electron chi connectivity index (χ0n) is 15.2. The van der Waals surface area contributed by atoms with Crippen molar-refractivity contribution in [2.24, 2.45) is 0 Å². The van der Waals surface area contributed by atoms with Crippen LogP contribution >= 0.6 is 11.3 Å². The highest BCUT2D eigenvalue weighted by Gasteiger charge is 2.13. The molecule has 27 heavy (non-hydrogen) atoms. The first-order chi connectivity index (χ1) is 12.9. The van der Waals surface area contributed by atoms with Crippen molar-refractivity contribution in [3.05, 3.63) is 52.7 Å². The molecule has 0 radical (unpaired) electrons. The summed E-state index contributed by atoms with van der Waals surface area (Å²) in [4.78, 5) is 6.69. The topological polar surface area (TPSA) is 47.7 Å². The van der Waals surface area contributed by atoms with E-state index < -0.39 is 6.61 Å². The molecule has 0 aliphatic heterocycles. The Morgan fingerprint density at radius 2 is 2.00 bits per heavy atom. The number of benzene rings is 1. The molecule has 2 aromatic heterocycles. The summed E-state index contributed by atoms with van der Waals surface area (Å²) in [6.45, 7) is 0.271. The number of furan rings is 1. The van der Waals surface area contributed by atoms with Gasteiger partial charge in [-0.1, -0.05) is 6.07 Å². The SMILES string of the molecule is COc1cc(CN(C)Cc2csc(-c3ccc(C)o3)n2)ccc1OC(F)F. The lowest BCUT2D eigenvalue weighted by molar-refractivity contribution is -0.0512. The van der Waals surface area contributed by atoms with E-state index in [4.69, 9.17) is 9.15 Å². The van der Waals surface area contributed by atoms with Crippen LogP contribution < -0.4 is 9.47 Å². The summed E-state index contributed by atoms with van der Waals surface area (Å²) < 4.78 is 40.0. The van der Waals surface area contributed by atoms with Gasteiger partial charge < -0.3 is 13.9 Å². The molecule has 3 rings (SSSR count). The van der Waals surface area contributed by atoms with Gasteiger partial charge in [0.25, 0.3) is 0 Å². The van der Waals surface area contributed by atoms with Gasteiger partial charge in [0.2, 0.25) is 0 Å². The highest BCUT2D eigenvalue weighted by Crippen LogP contribution is 2.30. The zero-order valence-corrected chi connectivity index (χ0v) is 16.1. The Kier molecular flexibility index (Phi) is 6.08. The summed E-state index contributed by atoms with van der Waals surface area (Å²) in [7, 11) is 3.39. The van der Waals surface area contributed by atoms with Crippen LogP contribution in [0.4, 0.5) is 8.78 Å². The van der Waals surface area contributed by atoms with E-state index in [-0.39, 0.29) is 11.5 Å². The van der Waals surface area contributed by atoms with Crippen molar-refractivity contribution in [2.45, 2.75) is 26.6 Å². The van der Waals surface area contributed by atoms with Gasteiger partial charge >= 0.3 is 6.61 Å². The van der Waals surface area contributed by atoms with Crippen molar-refractivity contribution >= 4 is 11.3 Å². The predicted octanol–water partition coefficient (Wildman–Crippen LogP) is 4.95. The van der Waals surface area contributed by atoms with E-state index in [1.807, 2.05) is 31.5 Å². The largest absolute Gasteiger partial charge is 0.493 e. The lowest BCUT2D eigenvalue weighted by Gasteiger charge is -2.17. The molecular weight excluding hydrogens is 374 g/mol. The van der Waals surface area contributed by atoms with Crippen LogP contribution in [0.5, 0.6) is 11.5 Å². The smallest absolute Gasteiger partial charge is 0.387 e. The molecule has 0 aliphatic rings. The molecule has 0 aliphatic carbocycles. The van der Waals surface area contributed by atoms with E-state index in [1.54, 1.807) is 12.1 Å². The van der Waals surface area contributed by atoms with Crippen molar-refractivity contribution in [3.63, 3.8) is 0 Å². The van der Waals surface area contributed by atoms with E-state index in [2.05, 4.69) is 14.6 Å². The third kappa shape index (κ3) is 5.05. The van der Waals surface area contributed by atoms with Crippen LogP contribution in [0, 0.1) is 6.92 Å². The second-order valence-electron chi connectivity index (χ2n) is 6.09. The van der Waals surface area contributed by atoms with Crippen LogP contribution in [0.15, 0.2) is 40.1 Å². The maximum absolute atomic E-state index is 12.4. The number of rotatable bonds is 8. The van der Waals surface area contributed by atoms with E-state index in [0.29, 0.717) is 13.1 Å². The summed E-state index contributed by atoms with van der Waals surface area (Å²) in [5.74, 6) is 1.93. The summed E-state index contributed by atoms with van der Waals surface area (Å²) in [6, 6.07) is 8.77. The van der Waals surface area contributed by atoms with Crippen molar-refractivity contribution in [3.8, 4) is 22.3 Å². The number of thiazole rings is 1. The van der Waals surface area contributed by atoms with Crippen molar-refractivity contribution in [1.82, 2.24) is 9.88 Å². The van der Waals surface area contributed by atoms with Crippen molar-refractivity contribution in [1.29, 1.82) is 0 Å². The number of alkyl halides is 2. The van der Waals surface area contributed by atoms with Crippen molar-refractivity contribution < 1.29 is 22.7 Å². The standard InChI is InChI=1S/C19H20F2N2O3S/c1-12-4-6-16(25-12)18-22-14(11-27-18)10-23(2)9-13-5-7-15(26-19(20)21)17(8-13)24-3/h4-8,11,19H,9-10H2,1-3H3. The fraction of sp³-hybridized carbons (Fsp3) is 0.316. The summed E-state index contributed by atoms with van der Waals surface area (Å²) >= 11 is 1.54. The first-order valence-corrected chi connectivity index (χ1v) is 9.14. The lowest BCUT2D eigenvalue weighted by atomic mass is 10.2. The number of hydrogen-bond acceptors (Lipinski definition) is 6. The molecule has 0 bridgehead atoms. The molecule has 0 unspecified atom stereocenters. The predicted molar refractivity (Wildman–Crippen MR) is 99.4 cm³/mol. The summed E-state index contributed by atoms with van der Waals surface area (Å²) in [5.41, 5.74) is 1.87. The molecule has 5 nitrogen and oxygen atoms in total. The third-order valence-electron chi connectivity index (χ3n) is 3.83. The Bertz CT molecular complexity index is 895. The average Bonchev–Trinajstić information content (AvgIpc) is 3.24. The van der Waals surface area contributed by atoms with Gasteiger partial charge in [0.15, 0.2) is 22.3 Å². The van der Waals surface area contributed by atoms with Gasteiger partial charge in [-0.25, -0.2) is 4.98 Å². The Morgan fingerprint density at radius 1 is 1.19 bits per heavy atom. The van der Waals surface area contributed by atoms with Gasteiger partial charge in [0.05, 0.1) is 12.8 Å². The minimum absolute atomic E-state index is 0.0248. The van der Waals surface area contributed by atoms with Crippen LogP contribution in [0.1, 0.15) is 17.0 Å². The number of aromatic nitrogens is 1. The van der Waals surface area contributed by atoms with Crippen LogP contribution in [-0.4, -0.2) is 30.7 Å². The molecule has 0 atom stereocenters. The van der Waals surface area contributed by atoms with E-state index in [1.165, 1.54) is 24.5 Å². The fourth-order valence-corrected chi connectivity index (χ4v) is 3.46. The van der Waals surface area contributed by atoms with Crippen LogP contribution in [0.2, 0.25) is 0 Å². The van der Waals surface area contributed by atoms with Crippen LogP contribution in [0.25, 0.3) is 10.8 Å². The fourth-order valence-electron chi connectivity index (χ4n) is 2.69. The lowest BCUT2D eigenvalue weighted by Crippen LogP contribution is -2.17. The molecule has 8 heteroatoms. The number of ether oxygens (including phenoxy) is 2. The number of halogens is 2. The highest BCUT2D eigenvalue weighted by atomic mass is 32.1. The Morgan fingerprint density at radius 3 is 2.67 bits per heavy atom. The van der Waals surface area contributed by atoms with Gasteiger partial charge in [0.1, 0.15) is 5.76 Å². The minimum atomic E-state index is -2.88. The van der Waals surface area contributed by atoms with E-state index in [0.717, 1.165) is 27.8 Å². The molecule has 144 valence electrons. The van der Waals surface area contributed by atoms with Crippen molar-refractivity contribution in [2.75, 3.05) is 14.2 Å². The van der Waals surface area contributed by atoms with Gasteiger partial charge in [0, 0.05) is 18.5 Å². The molecule has 2 heterocycles. The summed E-state index contributed by atoms with van der Waals surface area (Å²) in [5, 5.41) is 2.85. The Balaban J connectivity index is 1.64. The van der Waals surface area contributed by atoms with Gasteiger partial charge in [-0.15, -0.1) is 11.3 Å². The monoisotopic (exact) mass is 394 g/mol. The molecule has 3 aromatic rings. The van der Waals surface area contributed by atoms with Gasteiger partial charge in [-0.05, 0) is 43.8 Å². The molecule has 0 fully saturated rings. The molecule has 0 N–H and O–H groups in total. The quantitative estimate of drug-likeness (QED) is 0.541. The van der Waals surface area contributed by atoms with Crippen LogP contribution in [-0.2, 0) is 13.1 Å². The zero-order chi connectivity index (χ0) is 19.4. The molecule has 0 saturated carbocycles. The van der Waals surface area contributed by atoms with E-state index in [9.17, 15) is 8.78 Å². The maximum atomic E-state index is 12.4. The first kappa shape index (κ1) is 19.3. The highest BCUT2D eigenvalue weighted by molar-refractivity contribution is 7.13. The summed E-state index contributed by atoms with van der Waals surface area (Å²) in [6.07, 6.45) is 0. The van der Waals surface area contributed by atoms with Gasteiger partial charge in [-0.3, -0.25) is 4.90 Å². The second kappa shape index (κ2) is 8.49. The molecule has 0 amide bonds. The third-order valence-corrected chi connectivity index (χ3v) is 4.74. The number of nitrogens with zero attached hydrogens (tertiary/aromatic N) is 2. The minimum Gasteiger partial charge on any atom is -0.493 e. The average molecular weight is 394 g/mol. The molecule has 1 aromatic carbocycles. The number of methoxy groups -OCH3 is 1. The Labute approximate surface area is 160 Å². The maximum Gasteiger partial charge on any atom is 0.387 e. The van der Waals surface area contributed by atoms with Crippen LogP contribution in [0.3, 0.4) is 0 Å². The first-order valence-electron chi connectivity index (χ1n) is 8.26. The second-order valence-corrected chi connectivity index (χ2v) is 6.95. The molecule has 0 saturated heterocycles. The van der Waals surface area contributed by atoms with Gasteiger partial charge in [-0.2, -0.15) is 8.78 Å². The van der Waals surface area contributed by atoms with E-state index >= 15 is 0 Å².